The smallest absolute Gasteiger partial charge is 0.201 e. The molecular formula is C3H4BrO. The first-order valence-corrected chi connectivity index (χ1v) is 2.05. The van der Waals surface area contributed by atoms with Crippen LogP contribution in [0.5, 0.6) is 0 Å². The first-order valence-electron chi connectivity index (χ1n) is 1.26. The van der Waals surface area contributed by atoms with E-state index in [4.69, 9.17) is 0 Å². The SMILES string of the molecule is C[CH]C(=O)Br. The minimum absolute atomic E-state index is 0.0579. The Morgan fingerprint density at radius 3 is 2.20 bits per heavy atom. The van der Waals surface area contributed by atoms with Crippen molar-refractivity contribution in [2.75, 3.05) is 0 Å². The highest BCUT2D eigenvalue weighted by Gasteiger charge is 1.81. The summed E-state index contributed by atoms with van der Waals surface area (Å²) in [6.45, 7) is 1.68. The summed E-state index contributed by atoms with van der Waals surface area (Å²) >= 11 is 2.68. The summed E-state index contributed by atoms with van der Waals surface area (Å²) in [6.07, 6.45) is 1.44. The molecule has 1 radical (unpaired) electrons. The molecule has 1 nitrogen and oxygen atoms in total. The molecule has 0 spiro atoms. The van der Waals surface area contributed by atoms with Gasteiger partial charge in [-0.2, -0.15) is 0 Å². The Kier molecular flexibility index (Phi) is 2.46. The van der Waals surface area contributed by atoms with Crippen molar-refractivity contribution in [2.45, 2.75) is 6.92 Å². The topological polar surface area (TPSA) is 17.1 Å². The second-order valence-corrected chi connectivity index (χ2v) is 1.37. The van der Waals surface area contributed by atoms with Gasteiger partial charge >= 0.3 is 0 Å². The van der Waals surface area contributed by atoms with E-state index in [-0.39, 0.29) is 4.69 Å². The van der Waals surface area contributed by atoms with Gasteiger partial charge in [0, 0.05) is 6.42 Å². The summed E-state index contributed by atoms with van der Waals surface area (Å²) < 4.78 is -0.0579. The van der Waals surface area contributed by atoms with Crippen molar-refractivity contribution in [2.24, 2.45) is 0 Å². The van der Waals surface area contributed by atoms with Gasteiger partial charge in [-0.25, -0.2) is 0 Å². The highest BCUT2D eigenvalue weighted by molar-refractivity contribution is 9.18. The molecule has 0 amide bonds. The van der Waals surface area contributed by atoms with E-state index < -0.39 is 0 Å². The van der Waals surface area contributed by atoms with Crippen molar-refractivity contribution < 1.29 is 4.79 Å². The molecule has 0 aromatic rings. The standard InChI is InChI=1S/C3H4BrO/c1-2-3(4)5/h2H,1H3. The Labute approximate surface area is 39.5 Å². The predicted molar refractivity (Wildman–Crippen MR) is 23.9 cm³/mol. The highest BCUT2D eigenvalue weighted by Crippen LogP contribution is 1.84. The largest absolute Gasteiger partial charge is 0.286 e. The minimum atomic E-state index is -0.0579. The summed E-state index contributed by atoms with van der Waals surface area (Å²) in [5.74, 6) is 0. The maximum atomic E-state index is 9.67. The first-order chi connectivity index (χ1) is 2.27. The Morgan fingerprint density at radius 2 is 2.20 bits per heavy atom. The zero-order chi connectivity index (χ0) is 4.28. The van der Waals surface area contributed by atoms with Gasteiger partial charge in [-0.05, 0) is 15.9 Å². The Morgan fingerprint density at radius 1 is 2.00 bits per heavy atom. The van der Waals surface area contributed by atoms with Crippen LogP contribution in [0.25, 0.3) is 0 Å². The Bertz CT molecular complexity index is 42.2. The van der Waals surface area contributed by atoms with E-state index in [1.807, 2.05) is 0 Å². The highest BCUT2D eigenvalue weighted by atomic mass is 79.9. The zero-order valence-electron chi connectivity index (χ0n) is 2.86. The maximum absolute atomic E-state index is 9.67. The van der Waals surface area contributed by atoms with Gasteiger partial charge in [0.1, 0.15) is 0 Å². The van der Waals surface area contributed by atoms with Gasteiger partial charge in [0.2, 0.25) is 4.69 Å². The number of hydrogen-bond donors (Lipinski definition) is 0. The van der Waals surface area contributed by atoms with Crippen molar-refractivity contribution in [3.8, 4) is 0 Å². The molecule has 0 aromatic heterocycles. The van der Waals surface area contributed by atoms with Crippen molar-refractivity contribution in [1.29, 1.82) is 0 Å². The molecule has 29 valence electrons. The first kappa shape index (κ1) is 5.15. The number of rotatable bonds is 1. The molecular weight excluding hydrogens is 132 g/mol. The predicted octanol–water partition coefficient (Wildman–Crippen LogP) is 1.13. The molecule has 0 atom stereocenters. The molecule has 5 heavy (non-hydrogen) atoms. The average molecular weight is 136 g/mol. The van der Waals surface area contributed by atoms with E-state index in [0.717, 1.165) is 0 Å². The molecule has 0 bridgehead atoms. The molecule has 0 N–H and O–H groups in total. The van der Waals surface area contributed by atoms with Gasteiger partial charge in [0.25, 0.3) is 0 Å². The molecule has 0 fully saturated rings. The number of carbonyl (C=O) groups is 1. The van der Waals surface area contributed by atoms with Crippen molar-refractivity contribution in [3.05, 3.63) is 6.42 Å². The van der Waals surface area contributed by atoms with Crippen LogP contribution in [-0.4, -0.2) is 4.69 Å². The average Bonchev–Trinajstić information content (AvgIpc) is 1.38. The molecule has 0 aliphatic heterocycles. The lowest BCUT2D eigenvalue weighted by Crippen LogP contribution is -1.75. The van der Waals surface area contributed by atoms with Crippen LogP contribution >= 0.6 is 15.9 Å². The second-order valence-electron chi connectivity index (χ2n) is 0.593. The van der Waals surface area contributed by atoms with Crippen LogP contribution < -0.4 is 0 Å². The van der Waals surface area contributed by atoms with E-state index in [2.05, 4.69) is 15.9 Å². The van der Waals surface area contributed by atoms with Crippen LogP contribution in [0, 0.1) is 6.42 Å². The van der Waals surface area contributed by atoms with Gasteiger partial charge in [0.05, 0.1) is 0 Å². The van der Waals surface area contributed by atoms with E-state index in [1.54, 1.807) is 6.92 Å². The van der Waals surface area contributed by atoms with Crippen molar-refractivity contribution >= 4 is 20.6 Å². The molecule has 0 aliphatic carbocycles. The Hall–Kier alpha value is 0.150. The third kappa shape index (κ3) is 4.15. The van der Waals surface area contributed by atoms with Crippen molar-refractivity contribution in [3.63, 3.8) is 0 Å². The third-order valence-corrected chi connectivity index (χ3v) is 0.685. The molecule has 0 heterocycles. The summed E-state index contributed by atoms with van der Waals surface area (Å²) in [4.78, 5) is 9.67. The monoisotopic (exact) mass is 135 g/mol. The van der Waals surface area contributed by atoms with Crippen LogP contribution in [0.1, 0.15) is 6.92 Å². The number of carbonyl (C=O) groups excluding carboxylic acids is 1. The fourth-order valence-corrected chi connectivity index (χ4v) is 0. The second kappa shape index (κ2) is 2.39. The number of hydrogen-bond acceptors (Lipinski definition) is 1. The molecule has 0 saturated carbocycles. The molecule has 2 heteroatoms. The van der Waals surface area contributed by atoms with Gasteiger partial charge < -0.3 is 0 Å². The van der Waals surface area contributed by atoms with Gasteiger partial charge in [0.15, 0.2) is 0 Å². The fourth-order valence-electron chi connectivity index (χ4n) is 0. The van der Waals surface area contributed by atoms with E-state index in [1.165, 1.54) is 6.42 Å². The summed E-state index contributed by atoms with van der Waals surface area (Å²) in [7, 11) is 0. The molecule has 0 aromatic carbocycles. The van der Waals surface area contributed by atoms with Crippen LogP contribution in [0.2, 0.25) is 0 Å². The van der Waals surface area contributed by atoms with Crippen LogP contribution in [0.15, 0.2) is 0 Å². The molecule has 0 saturated heterocycles. The van der Waals surface area contributed by atoms with Crippen LogP contribution in [0.4, 0.5) is 0 Å². The van der Waals surface area contributed by atoms with E-state index in [9.17, 15) is 4.79 Å². The Balaban J connectivity index is 2.85. The van der Waals surface area contributed by atoms with E-state index in [0.29, 0.717) is 0 Å². The summed E-state index contributed by atoms with van der Waals surface area (Å²) in [5.41, 5.74) is 0. The quantitative estimate of drug-likeness (QED) is 0.494. The van der Waals surface area contributed by atoms with Crippen LogP contribution in [-0.2, 0) is 4.79 Å². The fraction of sp³-hybridized carbons (Fsp3) is 0.333. The zero-order valence-corrected chi connectivity index (χ0v) is 4.45. The normalized spacial score (nSPS) is 7.60. The molecule has 0 unspecified atom stereocenters. The summed E-state index contributed by atoms with van der Waals surface area (Å²) in [6, 6.07) is 0. The maximum Gasteiger partial charge on any atom is 0.201 e. The lowest BCUT2D eigenvalue weighted by molar-refractivity contribution is -0.107. The molecule has 0 aliphatic rings. The third-order valence-electron chi connectivity index (χ3n) is 0.227. The van der Waals surface area contributed by atoms with Gasteiger partial charge in [-0.3, -0.25) is 4.79 Å². The van der Waals surface area contributed by atoms with Gasteiger partial charge in [-0.1, -0.05) is 6.92 Å². The number of halogens is 1. The minimum Gasteiger partial charge on any atom is -0.286 e. The molecule has 0 rings (SSSR count). The lowest BCUT2D eigenvalue weighted by atomic mass is 10.6. The van der Waals surface area contributed by atoms with E-state index >= 15 is 0 Å². The van der Waals surface area contributed by atoms with Crippen LogP contribution in [0.3, 0.4) is 0 Å². The van der Waals surface area contributed by atoms with Gasteiger partial charge in [-0.15, -0.1) is 0 Å². The summed E-state index contributed by atoms with van der Waals surface area (Å²) in [5, 5.41) is 0. The lowest BCUT2D eigenvalue weighted by Gasteiger charge is -1.67. The van der Waals surface area contributed by atoms with Crippen molar-refractivity contribution in [1.82, 2.24) is 0 Å².